The number of hydrogen-bond acceptors (Lipinski definition) is 4. The molecule has 1 aromatic heterocycles. The smallest absolute Gasteiger partial charge is 0.263 e. The number of likely N-dealkylation sites (tertiary alicyclic amines) is 1. The summed E-state index contributed by atoms with van der Waals surface area (Å²) in [5, 5.41) is 7.91. The maximum Gasteiger partial charge on any atom is 0.263 e. The molecule has 1 aliphatic heterocycles. The number of carbonyl (C=O) groups is 1. The zero-order valence-electron chi connectivity index (χ0n) is 12.4. The van der Waals surface area contributed by atoms with Crippen LogP contribution in [0, 0.1) is 11.8 Å². The first-order valence-electron chi connectivity index (χ1n) is 7.35. The van der Waals surface area contributed by atoms with E-state index in [1.54, 1.807) is 0 Å². The van der Waals surface area contributed by atoms with Crippen LogP contribution in [0.3, 0.4) is 0 Å². The molecule has 0 unspecified atom stereocenters. The van der Waals surface area contributed by atoms with E-state index in [4.69, 9.17) is 4.84 Å². The van der Waals surface area contributed by atoms with Crippen molar-refractivity contribution in [1.82, 2.24) is 20.1 Å². The highest BCUT2D eigenvalue weighted by Crippen LogP contribution is 2.20. The average Bonchev–Trinajstić information content (AvgIpc) is 2.87. The van der Waals surface area contributed by atoms with Crippen molar-refractivity contribution in [1.29, 1.82) is 0 Å². The highest BCUT2D eigenvalue weighted by molar-refractivity contribution is 5.78. The van der Waals surface area contributed by atoms with Gasteiger partial charge in [-0.05, 0) is 35.6 Å². The zero-order valence-corrected chi connectivity index (χ0v) is 12.4. The van der Waals surface area contributed by atoms with Gasteiger partial charge in [0.25, 0.3) is 5.91 Å². The van der Waals surface area contributed by atoms with Crippen molar-refractivity contribution < 1.29 is 9.63 Å². The van der Waals surface area contributed by atoms with Crippen molar-refractivity contribution in [3.8, 4) is 0 Å². The maximum absolute atomic E-state index is 12.3. The maximum atomic E-state index is 12.3. The van der Waals surface area contributed by atoms with Crippen LogP contribution >= 0.6 is 0 Å². The zero-order chi connectivity index (χ0) is 14.8. The predicted octanol–water partition coefficient (Wildman–Crippen LogP) is 1.36. The third-order valence-corrected chi connectivity index (χ3v) is 3.85. The molecule has 2 heterocycles. The summed E-state index contributed by atoms with van der Waals surface area (Å²) < 4.78 is 0. The molecule has 0 aliphatic carbocycles. The summed E-state index contributed by atoms with van der Waals surface area (Å²) in [6.45, 7) is 5.98. The number of nitrogens with zero attached hydrogens (tertiary/aromatic N) is 4. The lowest BCUT2D eigenvalue weighted by Crippen LogP contribution is -2.45. The van der Waals surface area contributed by atoms with E-state index >= 15 is 0 Å². The third-order valence-electron chi connectivity index (χ3n) is 3.85. The van der Waals surface area contributed by atoms with Crippen LogP contribution < -0.4 is 4.84 Å². The number of benzene rings is 1. The largest absolute Gasteiger partial charge is 0.385 e. The van der Waals surface area contributed by atoms with Gasteiger partial charge in [0.1, 0.15) is 11.0 Å². The molecule has 0 N–H and O–H groups in total. The Kier molecular flexibility index (Phi) is 3.77. The summed E-state index contributed by atoms with van der Waals surface area (Å²) >= 11 is 0. The molecule has 1 aromatic carbocycles. The molecule has 1 aliphatic rings. The van der Waals surface area contributed by atoms with E-state index in [0.717, 1.165) is 24.1 Å². The molecule has 1 amide bonds. The number of fused-ring (bicyclic) bond motifs is 1. The van der Waals surface area contributed by atoms with Crippen LogP contribution in [0.5, 0.6) is 0 Å². The van der Waals surface area contributed by atoms with E-state index in [1.807, 2.05) is 29.2 Å². The fraction of sp³-hybridized carbons (Fsp3) is 0.533. The van der Waals surface area contributed by atoms with Crippen LogP contribution in [-0.2, 0) is 4.79 Å². The number of rotatable bonds is 3. The second kappa shape index (κ2) is 5.71. The molecule has 0 radical (unpaired) electrons. The highest BCUT2D eigenvalue weighted by atomic mass is 16.7. The minimum atomic E-state index is -0.00715. The fourth-order valence-electron chi connectivity index (χ4n) is 3.02. The molecule has 1 fully saturated rings. The summed E-state index contributed by atoms with van der Waals surface area (Å²) in [5.41, 5.74) is 1.52. The minimum absolute atomic E-state index is 0.00715. The molecule has 2 aromatic rings. The quantitative estimate of drug-likeness (QED) is 0.855. The summed E-state index contributed by atoms with van der Waals surface area (Å²) in [4.78, 5) is 21.0. The van der Waals surface area contributed by atoms with Crippen LogP contribution in [0.25, 0.3) is 11.0 Å². The number of hydrogen-bond donors (Lipinski definition) is 0. The lowest BCUT2D eigenvalue weighted by atomic mass is 9.92. The van der Waals surface area contributed by atoms with Gasteiger partial charge in [0, 0.05) is 13.1 Å². The third kappa shape index (κ3) is 2.99. The molecule has 0 spiro atoms. The molecule has 6 nitrogen and oxygen atoms in total. The molecule has 21 heavy (non-hydrogen) atoms. The van der Waals surface area contributed by atoms with Gasteiger partial charge in [-0.25, -0.2) is 0 Å². The van der Waals surface area contributed by atoms with Gasteiger partial charge < -0.3 is 9.74 Å². The molecule has 3 rings (SSSR count). The molecule has 6 heteroatoms. The molecule has 112 valence electrons. The molecular weight excluding hydrogens is 268 g/mol. The summed E-state index contributed by atoms with van der Waals surface area (Å²) in [6, 6.07) is 7.51. The lowest BCUT2D eigenvalue weighted by Gasteiger charge is -2.34. The topological polar surface area (TPSA) is 60.2 Å². The van der Waals surface area contributed by atoms with Gasteiger partial charge in [-0.3, -0.25) is 4.79 Å². The Balaban J connectivity index is 1.63. The van der Waals surface area contributed by atoms with Crippen molar-refractivity contribution in [3.05, 3.63) is 24.3 Å². The van der Waals surface area contributed by atoms with Crippen LogP contribution in [0.4, 0.5) is 0 Å². The monoisotopic (exact) mass is 288 g/mol. The first-order chi connectivity index (χ1) is 10.1. The van der Waals surface area contributed by atoms with Crippen molar-refractivity contribution in [2.45, 2.75) is 20.3 Å². The Bertz CT molecular complexity index is 629. The molecule has 1 saturated heterocycles. The first-order valence-corrected chi connectivity index (χ1v) is 7.35. The van der Waals surface area contributed by atoms with E-state index in [2.05, 4.69) is 24.2 Å². The van der Waals surface area contributed by atoms with Gasteiger partial charge in [0.15, 0.2) is 6.61 Å². The van der Waals surface area contributed by atoms with Crippen LogP contribution in [0.2, 0.25) is 0 Å². The van der Waals surface area contributed by atoms with Crippen molar-refractivity contribution in [3.63, 3.8) is 0 Å². The molecule has 2 atom stereocenters. The van der Waals surface area contributed by atoms with Gasteiger partial charge in [-0.1, -0.05) is 30.8 Å². The van der Waals surface area contributed by atoms with E-state index in [1.165, 1.54) is 11.3 Å². The molecule has 0 bridgehead atoms. The number of piperidine rings is 1. The average molecular weight is 288 g/mol. The fourth-order valence-corrected chi connectivity index (χ4v) is 3.02. The van der Waals surface area contributed by atoms with Crippen LogP contribution in [0.1, 0.15) is 20.3 Å². The van der Waals surface area contributed by atoms with Crippen molar-refractivity contribution >= 4 is 16.9 Å². The number of amides is 1. The van der Waals surface area contributed by atoms with Gasteiger partial charge in [0.2, 0.25) is 0 Å². The normalized spacial score (nSPS) is 22.5. The van der Waals surface area contributed by atoms with Gasteiger partial charge >= 0.3 is 0 Å². The van der Waals surface area contributed by atoms with Crippen molar-refractivity contribution in [2.75, 3.05) is 19.7 Å². The Morgan fingerprint density at radius 3 is 2.76 bits per heavy atom. The molecular formula is C15H20N4O2. The second-order valence-electron chi connectivity index (χ2n) is 5.97. The van der Waals surface area contributed by atoms with Crippen LogP contribution in [0.15, 0.2) is 24.3 Å². The van der Waals surface area contributed by atoms with Gasteiger partial charge in [-0.2, -0.15) is 0 Å². The number of carbonyl (C=O) groups excluding carboxylic acids is 1. The van der Waals surface area contributed by atoms with E-state index < -0.39 is 0 Å². The predicted molar refractivity (Wildman–Crippen MR) is 78.5 cm³/mol. The Hall–Kier alpha value is -2.11. The van der Waals surface area contributed by atoms with E-state index in [0.29, 0.717) is 11.8 Å². The second-order valence-corrected chi connectivity index (χ2v) is 5.97. The minimum Gasteiger partial charge on any atom is -0.385 e. The van der Waals surface area contributed by atoms with E-state index in [-0.39, 0.29) is 12.5 Å². The van der Waals surface area contributed by atoms with Crippen molar-refractivity contribution in [2.24, 2.45) is 11.8 Å². The molecule has 0 saturated carbocycles. The summed E-state index contributed by atoms with van der Waals surface area (Å²) in [7, 11) is 0. The van der Waals surface area contributed by atoms with E-state index in [9.17, 15) is 4.79 Å². The standard InChI is InChI=1S/C15H20N4O2/c1-11-7-12(2)9-18(8-11)15(20)10-21-19-14-6-4-3-5-13(14)16-17-19/h3-6,11-12H,7-10H2,1-2H3/t11-,12-/m0/s1. The summed E-state index contributed by atoms with van der Waals surface area (Å²) in [6.07, 6.45) is 1.18. The SMILES string of the molecule is C[C@H]1C[C@H](C)CN(C(=O)COn2nnc3ccccc32)C1. The number of para-hydroxylation sites is 1. The van der Waals surface area contributed by atoms with Gasteiger partial charge in [-0.15, -0.1) is 5.10 Å². The number of aromatic nitrogens is 3. The Morgan fingerprint density at radius 1 is 1.29 bits per heavy atom. The Morgan fingerprint density at radius 2 is 2.00 bits per heavy atom. The van der Waals surface area contributed by atoms with Crippen LogP contribution in [-0.4, -0.2) is 45.7 Å². The Labute approximate surface area is 123 Å². The highest BCUT2D eigenvalue weighted by Gasteiger charge is 2.25. The first kappa shape index (κ1) is 13.9. The summed E-state index contributed by atoms with van der Waals surface area (Å²) in [5.74, 6) is 1.10. The lowest BCUT2D eigenvalue weighted by molar-refractivity contribution is -0.139. The van der Waals surface area contributed by atoms with Gasteiger partial charge in [0.05, 0.1) is 0 Å².